The summed E-state index contributed by atoms with van der Waals surface area (Å²) in [7, 11) is -1.04. The molecule has 3 rings (SSSR count). The molecular weight excluding hydrogens is 470 g/mol. The number of hydrogen-bond acceptors (Lipinski definition) is 7. The number of nitrogens with zero attached hydrogens (tertiary/aromatic N) is 1. The Hall–Kier alpha value is -2.88. The van der Waals surface area contributed by atoms with E-state index in [0.29, 0.717) is 35.7 Å². The Morgan fingerprint density at radius 2 is 1.82 bits per heavy atom. The summed E-state index contributed by atoms with van der Waals surface area (Å²) in [5.41, 5.74) is 0.648. The van der Waals surface area contributed by atoms with E-state index in [-0.39, 0.29) is 17.2 Å². The number of carbonyl (C=O) groups excluding carboxylic acids is 2. The van der Waals surface area contributed by atoms with Crippen molar-refractivity contribution in [3.05, 3.63) is 59.1 Å². The summed E-state index contributed by atoms with van der Waals surface area (Å²) >= 11 is 5.86. The van der Waals surface area contributed by atoms with E-state index >= 15 is 0 Å². The Bertz CT molecular complexity index is 1150. The molecule has 1 saturated heterocycles. The van der Waals surface area contributed by atoms with Gasteiger partial charge in [0.25, 0.3) is 0 Å². The summed E-state index contributed by atoms with van der Waals surface area (Å²) < 4.78 is 42.6. The molecule has 1 heterocycles. The van der Waals surface area contributed by atoms with Crippen LogP contribution in [0.5, 0.6) is 11.5 Å². The summed E-state index contributed by atoms with van der Waals surface area (Å²) in [4.78, 5) is 24.2. The molecule has 8 nitrogen and oxygen atoms in total. The van der Waals surface area contributed by atoms with Crippen molar-refractivity contribution in [1.29, 1.82) is 0 Å². The molecule has 1 aliphatic heterocycles. The third kappa shape index (κ3) is 6.13. The van der Waals surface area contributed by atoms with Gasteiger partial charge in [-0.2, -0.15) is 4.31 Å². The lowest BCUT2D eigenvalue weighted by atomic mass is 10.00. The first kappa shape index (κ1) is 24.8. The third-order valence-corrected chi connectivity index (χ3v) is 7.31. The Balaban J connectivity index is 1.71. The number of ether oxygens (including phenoxy) is 3. The van der Waals surface area contributed by atoms with Gasteiger partial charge in [0.05, 0.1) is 25.0 Å². The fraction of sp³-hybridized carbons (Fsp3) is 0.304. The van der Waals surface area contributed by atoms with Gasteiger partial charge >= 0.3 is 11.9 Å². The minimum absolute atomic E-state index is 0.0199. The zero-order chi connectivity index (χ0) is 24.0. The van der Waals surface area contributed by atoms with E-state index in [1.54, 1.807) is 24.3 Å². The second kappa shape index (κ2) is 10.8. The molecular formula is C23H24ClNO7S. The highest BCUT2D eigenvalue weighted by Crippen LogP contribution is 2.31. The van der Waals surface area contributed by atoms with E-state index in [9.17, 15) is 18.0 Å². The molecule has 176 valence electrons. The molecule has 2 aromatic rings. The van der Waals surface area contributed by atoms with Gasteiger partial charge in [0.1, 0.15) is 0 Å². The average molecular weight is 494 g/mol. The monoisotopic (exact) mass is 493 g/mol. The first-order valence-electron chi connectivity index (χ1n) is 10.2. The number of hydrogen-bond donors (Lipinski definition) is 0. The van der Waals surface area contributed by atoms with Crippen LogP contribution >= 0.6 is 11.6 Å². The molecule has 1 atom stereocenters. The Kier molecular flexibility index (Phi) is 8.12. The maximum atomic E-state index is 13.0. The molecule has 1 aliphatic rings. The maximum absolute atomic E-state index is 13.0. The molecule has 0 radical (unpaired) electrons. The van der Waals surface area contributed by atoms with Crippen molar-refractivity contribution in [1.82, 2.24) is 4.31 Å². The summed E-state index contributed by atoms with van der Waals surface area (Å²) in [6.07, 6.45) is 3.84. The van der Waals surface area contributed by atoms with Crippen LogP contribution in [0.4, 0.5) is 0 Å². The van der Waals surface area contributed by atoms with Crippen LogP contribution < -0.4 is 9.47 Å². The second-order valence-electron chi connectivity index (χ2n) is 7.34. The molecule has 1 fully saturated rings. The Morgan fingerprint density at radius 1 is 1.09 bits per heavy atom. The number of rotatable bonds is 7. The molecule has 10 heteroatoms. The molecule has 0 amide bonds. The Morgan fingerprint density at radius 3 is 2.48 bits per heavy atom. The number of esters is 2. The first-order chi connectivity index (χ1) is 15.7. The highest BCUT2D eigenvalue weighted by atomic mass is 35.5. The topological polar surface area (TPSA) is 99.2 Å². The van der Waals surface area contributed by atoms with Crippen LogP contribution in [0.25, 0.3) is 6.08 Å². The van der Waals surface area contributed by atoms with Gasteiger partial charge in [-0.15, -0.1) is 0 Å². The quantitative estimate of drug-likeness (QED) is 0.330. The van der Waals surface area contributed by atoms with Gasteiger partial charge in [0.15, 0.2) is 11.5 Å². The van der Waals surface area contributed by atoms with Crippen molar-refractivity contribution >= 4 is 39.6 Å². The van der Waals surface area contributed by atoms with Gasteiger partial charge in [-0.05, 0) is 60.9 Å². The highest BCUT2D eigenvalue weighted by Gasteiger charge is 2.34. The molecule has 2 aromatic carbocycles. The van der Waals surface area contributed by atoms with Crippen molar-refractivity contribution in [2.75, 3.05) is 27.3 Å². The zero-order valence-corrected chi connectivity index (χ0v) is 19.8. The van der Waals surface area contributed by atoms with Crippen molar-refractivity contribution in [3.8, 4) is 11.5 Å². The fourth-order valence-electron chi connectivity index (χ4n) is 3.40. The first-order valence-corrected chi connectivity index (χ1v) is 12.0. The summed E-state index contributed by atoms with van der Waals surface area (Å²) in [5.74, 6) is -1.15. The number of halogens is 1. The van der Waals surface area contributed by atoms with Gasteiger partial charge in [-0.25, -0.2) is 13.2 Å². The number of methoxy groups -OCH3 is 2. The van der Waals surface area contributed by atoms with Crippen molar-refractivity contribution < 1.29 is 32.2 Å². The molecule has 0 N–H and O–H groups in total. The van der Waals surface area contributed by atoms with Crippen LogP contribution in [0.3, 0.4) is 0 Å². The summed E-state index contributed by atoms with van der Waals surface area (Å²) in [6.45, 7) is 0.339. The van der Waals surface area contributed by atoms with E-state index in [1.165, 1.54) is 48.9 Å². The largest absolute Gasteiger partial charge is 0.493 e. The third-order valence-electron chi connectivity index (χ3n) is 5.18. The minimum Gasteiger partial charge on any atom is -0.493 e. The van der Waals surface area contributed by atoms with Crippen molar-refractivity contribution in [3.63, 3.8) is 0 Å². The molecule has 0 aromatic heterocycles. The van der Waals surface area contributed by atoms with Crippen LogP contribution in [0, 0.1) is 5.92 Å². The van der Waals surface area contributed by atoms with Crippen molar-refractivity contribution in [2.24, 2.45) is 5.92 Å². The number of benzene rings is 2. The number of carbonyl (C=O) groups is 2. The lowest BCUT2D eigenvalue weighted by Gasteiger charge is -2.30. The number of piperidine rings is 1. The summed E-state index contributed by atoms with van der Waals surface area (Å²) in [6, 6.07) is 10.7. The standard InChI is InChI=1S/C23H24ClNO7S/c1-30-21-14-16(6-12-22(26)31-2)5-11-20(21)32-23(27)17-4-3-13-25(15-17)33(28,29)19-9-7-18(24)8-10-19/h5-12,14,17H,3-4,13,15H2,1-2H3/b12-6+. The van der Waals surface area contributed by atoms with Crippen LogP contribution in [0.1, 0.15) is 18.4 Å². The van der Waals surface area contributed by atoms with Crippen molar-refractivity contribution in [2.45, 2.75) is 17.7 Å². The van der Waals surface area contributed by atoms with Crippen LogP contribution in [-0.2, 0) is 24.3 Å². The minimum atomic E-state index is -3.76. The lowest BCUT2D eigenvalue weighted by molar-refractivity contribution is -0.140. The van der Waals surface area contributed by atoms with Gasteiger partial charge in [0.2, 0.25) is 10.0 Å². The van der Waals surface area contributed by atoms with Gasteiger partial charge in [-0.1, -0.05) is 17.7 Å². The fourth-order valence-corrected chi connectivity index (χ4v) is 5.05. The predicted molar refractivity (Wildman–Crippen MR) is 123 cm³/mol. The van der Waals surface area contributed by atoms with Gasteiger partial charge in [-0.3, -0.25) is 4.79 Å². The number of sulfonamides is 1. The normalized spacial score (nSPS) is 17.0. The Labute approximate surface area is 197 Å². The molecule has 0 bridgehead atoms. The molecule has 0 spiro atoms. The van der Waals surface area contributed by atoms with E-state index < -0.39 is 27.9 Å². The van der Waals surface area contributed by atoms with Crippen LogP contribution in [-0.4, -0.2) is 52.0 Å². The average Bonchev–Trinajstić information content (AvgIpc) is 2.83. The SMILES string of the molecule is COC(=O)/C=C/c1ccc(OC(=O)C2CCCN(S(=O)(=O)c3ccc(Cl)cc3)C2)c(OC)c1. The van der Waals surface area contributed by atoms with E-state index in [1.807, 2.05) is 0 Å². The zero-order valence-electron chi connectivity index (χ0n) is 18.2. The van der Waals surface area contributed by atoms with Crippen LogP contribution in [0.15, 0.2) is 53.4 Å². The molecule has 0 aliphatic carbocycles. The van der Waals surface area contributed by atoms with E-state index in [0.717, 1.165) is 0 Å². The second-order valence-corrected chi connectivity index (χ2v) is 9.72. The van der Waals surface area contributed by atoms with E-state index in [4.69, 9.17) is 21.1 Å². The van der Waals surface area contributed by atoms with Crippen LogP contribution in [0.2, 0.25) is 5.02 Å². The predicted octanol–water partition coefficient (Wildman–Crippen LogP) is 3.54. The highest BCUT2D eigenvalue weighted by molar-refractivity contribution is 7.89. The lowest BCUT2D eigenvalue weighted by Crippen LogP contribution is -2.43. The van der Waals surface area contributed by atoms with E-state index in [2.05, 4.69) is 4.74 Å². The molecule has 33 heavy (non-hydrogen) atoms. The molecule has 1 unspecified atom stereocenters. The van der Waals surface area contributed by atoms with Gasteiger partial charge in [0, 0.05) is 24.2 Å². The summed E-state index contributed by atoms with van der Waals surface area (Å²) in [5, 5.41) is 0.440. The maximum Gasteiger partial charge on any atom is 0.330 e. The molecule has 0 saturated carbocycles. The smallest absolute Gasteiger partial charge is 0.330 e. The van der Waals surface area contributed by atoms with Gasteiger partial charge < -0.3 is 14.2 Å².